The molecular weight excluding hydrogens is 446 g/mol. The van der Waals surface area contributed by atoms with Gasteiger partial charge in [0.25, 0.3) is 0 Å². The van der Waals surface area contributed by atoms with Crippen molar-refractivity contribution in [2.24, 2.45) is 5.92 Å². The zero-order chi connectivity index (χ0) is 25.7. The zero-order valence-corrected chi connectivity index (χ0v) is 22.1. The number of carboxylic acids is 1. The minimum atomic E-state index is -1.22. The number of aliphatic carboxylic acids is 1. The van der Waals surface area contributed by atoms with Gasteiger partial charge in [0.1, 0.15) is 6.29 Å². The lowest BCUT2D eigenvalue weighted by Crippen LogP contribution is -2.55. The predicted octanol–water partition coefficient (Wildman–Crippen LogP) is 2.75. The molecule has 0 aliphatic carbocycles. The van der Waals surface area contributed by atoms with Crippen LogP contribution in [0.2, 0.25) is 0 Å². The van der Waals surface area contributed by atoms with Gasteiger partial charge in [0.2, 0.25) is 0 Å². The Morgan fingerprint density at radius 2 is 1.86 bits per heavy atom. The number of hydrogen-bond donors (Lipinski definition) is 6. The number of hydrogen-bond acceptors (Lipinski definition) is 7. The van der Waals surface area contributed by atoms with E-state index >= 15 is 0 Å². The highest BCUT2D eigenvalue weighted by Gasteiger charge is 2.34. The van der Waals surface area contributed by atoms with E-state index in [4.69, 9.17) is 0 Å². The zero-order valence-electron chi connectivity index (χ0n) is 22.1. The maximum absolute atomic E-state index is 11.4. The molecule has 8 heteroatoms. The summed E-state index contributed by atoms with van der Waals surface area (Å²) in [5.41, 5.74) is -1.27. The first kappa shape index (κ1) is 30.2. The Labute approximate surface area is 212 Å². The van der Waals surface area contributed by atoms with Crippen molar-refractivity contribution < 1.29 is 24.9 Å². The highest BCUT2D eigenvalue weighted by atomic mass is 16.4. The van der Waals surface area contributed by atoms with Crippen LogP contribution < -0.4 is 16.0 Å². The van der Waals surface area contributed by atoms with Crippen molar-refractivity contribution in [1.82, 2.24) is 16.0 Å². The molecule has 6 N–H and O–H groups in total. The molecule has 2 fully saturated rings. The van der Waals surface area contributed by atoms with E-state index < -0.39 is 11.6 Å². The van der Waals surface area contributed by atoms with E-state index in [1.165, 1.54) is 0 Å². The molecule has 0 amide bonds. The van der Waals surface area contributed by atoms with Crippen LogP contribution in [0, 0.1) is 5.92 Å². The van der Waals surface area contributed by atoms with Gasteiger partial charge in [0.05, 0.1) is 18.1 Å². The quantitative estimate of drug-likeness (QED) is 0.134. The molecule has 0 bridgehead atoms. The first-order valence-corrected chi connectivity index (χ1v) is 13.9. The summed E-state index contributed by atoms with van der Waals surface area (Å²) in [4.78, 5) is 22.5. The number of aliphatic hydroxyl groups is 2. The van der Waals surface area contributed by atoms with Crippen molar-refractivity contribution in [3.8, 4) is 0 Å². The molecule has 8 nitrogen and oxygen atoms in total. The van der Waals surface area contributed by atoms with Crippen molar-refractivity contribution in [2.75, 3.05) is 19.6 Å². The molecule has 0 aromatic heterocycles. The maximum Gasteiger partial charge on any atom is 0.306 e. The summed E-state index contributed by atoms with van der Waals surface area (Å²) in [7, 11) is 0. The topological polar surface area (TPSA) is 131 Å². The Kier molecular flexibility index (Phi) is 13.1. The summed E-state index contributed by atoms with van der Waals surface area (Å²) < 4.78 is 0. The SMILES string of the molecule is C[C@@H]1N[C@H](C[C@@H](CC=O)CCCCCCC[C@](O)(CNC2(C)CCNCC2)CC(=O)O)CC[C@H]1O. The Bertz CT molecular complexity index is 628. The second-order valence-electron chi connectivity index (χ2n) is 11.6. The van der Waals surface area contributed by atoms with Gasteiger partial charge >= 0.3 is 5.97 Å². The molecule has 35 heavy (non-hydrogen) atoms. The Balaban J connectivity index is 1.65. The third kappa shape index (κ3) is 11.7. The van der Waals surface area contributed by atoms with E-state index in [9.17, 15) is 24.9 Å². The van der Waals surface area contributed by atoms with Crippen LogP contribution in [-0.2, 0) is 9.59 Å². The summed E-state index contributed by atoms with van der Waals surface area (Å²) in [6.45, 7) is 6.37. The highest BCUT2D eigenvalue weighted by molar-refractivity contribution is 5.68. The van der Waals surface area contributed by atoms with Gasteiger partial charge in [0.15, 0.2) is 0 Å². The molecule has 2 rings (SSSR count). The number of rotatable bonds is 17. The summed E-state index contributed by atoms with van der Waals surface area (Å²) in [6.07, 6.45) is 12.4. The molecule has 0 unspecified atom stereocenters. The average Bonchev–Trinajstić information content (AvgIpc) is 2.80. The minimum Gasteiger partial charge on any atom is -0.481 e. The summed E-state index contributed by atoms with van der Waals surface area (Å²) in [5.74, 6) is -0.571. The van der Waals surface area contributed by atoms with Gasteiger partial charge in [-0.3, -0.25) is 4.79 Å². The third-order valence-corrected chi connectivity index (χ3v) is 8.22. The Morgan fingerprint density at radius 1 is 1.17 bits per heavy atom. The van der Waals surface area contributed by atoms with Gasteiger partial charge < -0.3 is 36.1 Å². The number of aliphatic hydroxyl groups excluding tert-OH is 1. The van der Waals surface area contributed by atoms with E-state index in [0.29, 0.717) is 31.3 Å². The first-order valence-electron chi connectivity index (χ1n) is 13.9. The number of unbranched alkanes of at least 4 members (excludes halogenated alkanes) is 4. The van der Waals surface area contributed by atoms with E-state index in [-0.39, 0.29) is 24.1 Å². The van der Waals surface area contributed by atoms with Crippen LogP contribution in [0.3, 0.4) is 0 Å². The lowest BCUT2D eigenvalue weighted by atomic mass is 9.86. The number of aldehydes is 1. The molecule has 0 saturated carbocycles. The van der Waals surface area contributed by atoms with Gasteiger partial charge in [-0.2, -0.15) is 0 Å². The molecule has 2 heterocycles. The lowest BCUT2D eigenvalue weighted by molar-refractivity contribution is -0.143. The second-order valence-corrected chi connectivity index (χ2v) is 11.6. The number of carbonyl (C=O) groups is 2. The fourth-order valence-electron chi connectivity index (χ4n) is 5.72. The molecule has 204 valence electrons. The largest absolute Gasteiger partial charge is 0.481 e. The van der Waals surface area contributed by atoms with Crippen LogP contribution >= 0.6 is 0 Å². The first-order chi connectivity index (χ1) is 16.6. The molecule has 5 atom stereocenters. The fraction of sp³-hybridized carbons (Fsp3) is 0.926. The van der Waals surface area contributed by atoms with Gasteiger partial charge in [-0.1, -0.05) is 32.1 Å². The van der Waals surface area contributed by atoms with Crippen molar-refractivity contribution >= 4 is 12.3 Å². The van der Waals surface area contributed by atoms with Crippen molar-refractivity contribution in [2.45, 2.75) is 133 Å². The van der Waals surface area contributed by atoms with E-state index in [1.54, 1.807) is 0 Å². The predicted molar refractivity (Wildman–Crippen MR) is 138 cm³/mol. The van der Waals surface area contributed by atoms with Crippen molar-refractivity contribution in [3.05, 3.63) is 0 Å². The minimum absolute atomic E-state index is 0.0548. The Morgan fingerprint density at radius 3 is 2.51 bits per heavy atom. The highest BCUT2D eigenvalue weighted by Crippen LogP contribution is 2.26. The van der Waals surface area contributed by atoms with Gasteiger partial charge in [-0.25, -0.2) is 0 Å². The fourth-order valence-corrected chi connectivity index (χ4v) is 5.72. The van der Waals surface area contributed by atoms with Crippen molar-refractivity contribution in [3.63, 3.8) is 0 Å². The third-order valence-electron chi connectivity index (χ3n) is 8.22. The van der Waals surface area contributed by atoms with E-state index in [2.05, 4.69) is 22.9 Å². The van der Waals surface area contributed by atoms with Crippen LogP contribution in [0.1, 0.15) is 104 Å². The molecule has 0 aromatic carbocycles. The molecular formula is C27H51N3O5. The number of carboxylic acid groups (broad SMARTS) is 1. The summed E-state index contributed by atoms with van der Waals surface area (Å²) >= 11 is 0. The number of carbonyl (C=O) groups excluding carboxylic acids is 1. The van der Waals surface area contributed by atoms with Crippen LogP contribution in [0.15, 0.2) is 0 Å². The van der Waals surface area contributed by atoms with Crippen LogP contribution in [0.4, 0.5) is 0 Å². The molecule has 0 aromatic rings. The van der Waals surface area contributed by atoms with Gasteiger partial charge in [-0.05, 0) is 77.8 Å². The molecule has 2 aliphatic heterocycles. The second kappa shape index (κ2) is 15.3. The van der Waals surface area contributed by atoms with Crippen molar-refractivity contribution in [1.29, 1.82) is 0 Å². The summed E-state index contributed by atoms with van der Waals surface area (Å²) in [6, 6.07) is 0.495. The van der Waals surface area contributed by atoms with Crippen LogP contribution in [0.5, 0.6) is 0 Å². The smallest absolute Gasteiger partial charge is 0.306 e. The molecule has 0 spiro atoms. The van der Waals surface area contributed by atoms with Crippen LogP contribution in [0.25, 0.3) is 0 Å². The van der Waals surface area contributed by atoms with E-state index in [0.717, 1.165) is 90.0 Å². The van der Waals surface area contributed by atoms with Crippen LogP contribution in [-0.4, -0.2) is 76.5 Å². The number of piperidine rings is 2. The monoisotopic (exact) mass is 497 g/mol. The Hall–Kier alpha value is -1.06. The summed E-state index contributed by atoms with van der Waals surface area (Å²) in [5, 5.41) is 40.6. The van der Waals surface area contributed by atoms with E-state index in [1.807, 2.05) is 6.92 Å². The normalized spacial score (nSPS) is 27.1. The standard InChI is InChI=1S/C27H51N3O5/c1-21-24(32)10-9-23(30-21)18-22(11-17-31)8-6-4-3-5-7-12-27(35,19-25(33)34)20-29-26(2)13-15-28-16-14-26/h17,21-24,28-30,32,35H,3-16,18-20H2,1-2H3,(H,33,34)/t21-,22+,23-,24+,27+/m0/s1. The maximum atomic E-state index is 11.4. The van der Waals surface area contributed by atoms with Gasteiger partial charge in [0, 0.05) is 30.6 Å². The molecule has 2 saturated heterocycles. The lowest BCUT2D eigenvalue weighted by Gasteiger charge is -2.38. The average molecular weight is 498 g/mol. The number of nitrogens with one attached hydrogen (secondary N) is 3. The van der Waals surface area contributed by atoms with Gasteiger partial charge in [-0.15, -0.1) is 0 Å². The molecule has 2 aliphatic rings. The molecule has 0 radical (unpaired) electrons. The number of β-amino-alcohol motifs (C(OH)–C–C–N with tert-alkyl or cyclic N) is 1.